The van der Waals surface area contributed by atoms with E-state index in [1.54, 1.807) is 13.1 Å². The number of hydrogen-bond donors (Lipinski definition) is 5. The van der Waals surface area contributed by atoms with Crippen LogP contribution in [0.5, 0.6) is 5.88 Å². The fourth-order valence-corrected chi connectivity index (χ4v) is 3.06. The summed E-state index contributed by atoms with van der Waals surface area (Å²) in [7, 11) is 1.72. The van der Waals surface area contributed by atoms with E-state index in [9.17, 15) is 9.90 Å². The lowest BCUT2D eigenvalue weighted by Gasteiger charge is -2.26. The summed E-state index contributed by atoms with van der Waals surface area (Å²) in [4.78, 5) is 16.8. The molecule has 8 heteroatoms. The van der Waals surface area contributed by atoms with Crippen molar-refractivity contribution in [3.05, 3.63) is 47.5 Å². The summed E-state index contributed by atoms with van der Waals surface area (Å²) in [5, 5.41) is 26.7. The predicted molar refractivity (Wildman–Crippen MR) is 104 cm³/mol. The maximum Gasteiger partial charge on any atom is 0.320 e. The van der Waals surface area contributed by atoms with Gasteiger partial charge in [0.05, 0.1) is 18.8 Å². The number of carbonyl (C=O) groups excluding carboxylic acids is 1. The van der Waals surface area contributed by atoms with Gasteiger partial charge in [0.2, 0.25) is 5.88 Å². The number of carbonyl (C=O) groups is 1. The molecule has 8 nitrogen and oxygen atoms in total. The highest BCUT2D eigenvalue weighted by Gasteiger charge is 2.24. The Morgan fingerprint density at radius 1 is 1.37 bits per heavy atom. The maximum atomic E-state index is 12.5. The van der Waals surface area contributed by atoms with Crippen LogP contribution in [-0.2, 0) is 0 Å². The first kappa shape index (κ1) is 18.7. The number of hydrogen-bond acceptors (Lipinski definition) is 6. The van der Waals surface area contributed by atoms with Crippen molar-refractivity contribution < 1.29 is 14.6 Å². The van der Waals surface area contributed by atoms with E-state index in [0.29, 0.717) is 36.6 Å². The Bertz CT molecular complexity index is 812. The van der Waals surface area contributed by atoms with Crippen molar-refractivity contribution >= 4 is 23.8 Å². The number of nitrogens with zero attached hydrogens (tertiary/aromatic N) is 1. The van der Waals surface area contributed by atoms with Crippen LogP contribution in [0, 0.1) is 5.41 Å². The van der Waals surface area contributed by atoms with Crippen molar-refractivity contribution in [1.82, 2.24) is 10.3 Å². The van der Waals surface area contributed by atoms with Crippen LogP contribution in [0.25, 0.3) is 0 Å². The van der Waals surface area contributed by atoms with Gasteiger partial charge in [0.15, 0.2) is 0 Å². The summed E-state index contributed by atoms with van der Waals surface area (Å²) >= 11 is 0. The average Bonchev–Trinajstić information content (AvgIpc) is 2.68. The first-order valence-corrected chi connectivity index (χ1v) is 8.79. The van der Waals surface area contributed by atoms with Crippen LogP contribution < -0.4 is 20.7 Å². The molecule has 2 amide bonds. The summed E-state index contributed by atoms with van der Waals surface area (Å²) in [6, 6.07) is 9.88. The molecule has 5 N–H and O–H groups in total. The number of nitrogens with one attached hydrogen (secondary N) is 4. The molecule has 3 rings (SSSR count). The number of benzene rings is 1. The molecule has 0 saturated heterocycles. The maximum absolute atomic E-state index is 12.5. The van der Waals surface area contributed by atoms with E-state index in [-0.39, 0.29) is 5.82 Å². The van der Waals surface area contributed by atoms with Gasteiger partial charge in [0, 0.05) is 18.8 Å². The molecular formula is C19H23N5O3. The van der Waals surface area contributed by atoms with Gasteiger partial charge in [-0.2, -0.15) is 4.98 Å². The minimum absolute atomic E-state index is 0.266. The molecule has 2 aromatic rings. The number of urea groups is 1. The highest BCUT2D eigenvalue weighted by molar-refractivity contribution is 5.93. The molecule has 1 aliphatic heterocycles. The van der Waals surface area contributed by atoms with Crippen LogP contribution in [0.3, 0.4) is 0 Å². The van der Waals surface area contributed by atoms with Crippen LogP contribution in [0.15, 0.2) is 36.4 Å². The number of rotatable bonds is 3. The highest BCUT2D eigenvalue weighted by Crippen LogP contribution is 2.29. The third-order valence-corrected chi connectivity index (χ3v) is 4.38. The minimum atomic E-state index is -0.756. The molecule has 2 atom stereocenters. The molecule has 1 unspecified atom stereocenters. The van der Waals surface area contributed by atoms with E-state index in [1.165, 1.54) is 6.21 Å². The molecule has 0 aliphatic carbocycles. The quantitative estimate of drug-likeness (QED) is 0.533. The second-order valence-corrected chi connectivity index (χ2v) is 6.22. The van der Waals surface area contributed by atoms with Crippen LogP contribution in [0.4, 0.5) is 16.3 Å². The Balaban J connectivity index is 1.92. The lowest BCUT2D eigenvalue weighted by atomic mass is 9.98. The van der Waals surface area contributed by atoms with Crippen molar-refractivity contribution in [2.75, 3.05) is 24.3 Å². The zero-order valence-corrected chi connectivity index (χ0v) is 15.0. The van der Waals surface area contributed by atoms with Crippen molar-refractivity contribution in [3.63, 3.8) is 0 Å². The number of fused-ring (bicyclic) bond motifs is 2. The predicted octanol–water partition coefficient (Wildman–Crippen LogP) is 2.52. The van der Waals surface area contributed by atoms with Gasteiger partial charge in [0.25, 0.3) is 0 Å². The van der Waals surface area contributed by atoms with Crippen molar-refractivity contribution in [3.8, 4) is 5.88 Å². The first-order valence-electron chi connectivity index (χ1n) is 8.79. The molecule has 2 bridgehead atoms. The Labute approximate surface area is 157 Å². The van der Waals surface area contributed by atoms with Gasteiger partial charge in [-0.05, 0) is 24.5 Å². The molecule has 0 radical (unpaired) electrons. The van der Waals surface area contributed by atoms with Crippen molar-refractivity contribution in [2.24, 2.45) is 0 Å². The van der Waals surface area contributed by atoms with Gasteiger partial charge in [-0.25, -0.2) is 4.79 Å². The number of pyridine rings is 1. The molecule has 1 aromatic carbocycles. The Morgan fingerprint density at radius 3 is 2.85 bits per heavy atom. The van der Waals surface area contributed by atoms with Crippen LogP contribution in [0.2, 0.25) is 0 Å². The Morgan fingerprint density at radius 2 is 2.15 bits per heavy atom. The summed E-state index contributed by atoms with van der Waals surface area (Å²) in [5.41, 5.74) is 1.95. The largest absolute Gasteiger partial charge is 0.476 e. The normalized spacial score (nSPS) is 20.1. The lowest BCUT2D eigenvalue weighted by Crippen LogP contribution is -2.39. The fourth-order valence-electron chi connectivity index (χ4n) is 3.06. The van der Waals surface area contributed by atoms with E-state index in [4.69, 9.17) is 10.1 Å². The molecule has 0 fully saturated rings. The summed E-state index contributed by atoms with van der Waals surface area (Å²) in [6.07, 6.45) is 1.45. The smallest absolute Gasteiger partial charge is 0.320 e. The van der Waals surface area contributed by atoms with E-state index >= 15 is 0 Å². The van der Waals surface area contributed by atoms with Crippen LogP contribution in [0.1, 0.15) is 30.0 Å². The van der Waals surface area contributed by atoms with E-state index in [1.807, 2.05) is 30.3 Å². The average molecular weight is 369 g/mol. The topological polar surface area (TPSA) is 119 Å². The molecule has 2 heterocycles. The second kappa shape index (κ2) is 8.50. The molecule has 0 spiro atoms. The highest BCUT2D eigenvalue weighted by atomic mass is 16.5. The minimum Gasteiger partial charge on any atom is -0.476 e. The summed E-state index contributed by atoms with van der Waals surface area (Å²) in [5.74, 6) is 0.574. The van der Waals surface area contributed by atoms with Crippen LogP contribution >= 0.6 is 0 Å². The molecule has 1 aliphatic rings. The van der Waals surface area contributed by atoms with Gasteiger partial charge in [-0.3, -0.25) is 5.32 Å². The zero-order valence-electron chi connectivity index (χ0n) is 15.0. The molecule has 1 aromatic heterocycles. The number of ether oxygens (including phenoxy) is 1. The molecular weight excluding hydrogens is 346 g/mol. The van der Waals surface area contributed by atoms with E-state index in [2.05, 4.69) is 20.9 Å². The third kappa shape index (κ3) is 4.35. The molecule has 27 heavy (non-hydrogen) atoms. The SMILES string of the molecule is CNc1c(C=N)cc2nc1OCCCC(O)[C@H](c1ccccc1)NC(=O)N2. The Kier molecular flexibility index (Phi) is 5.87. The lowest BCUT2D eigenvalue weighted by molar-refractivity contribution is 0.113. The number of aromatic nitrogens is 1. The van der Waals surface area contributed by atoms with Gasteiger partial charge in [-0.1, -0.05) is 30.3 Å². The van der Waals surface area contributed by atoms with E-state index < -0.39 is 18.2 Å². The van der Waals surface area contributed by atoms with Crippen LogP contribution in [-0.4, -0.2) is 42.1 Å². The summed E-state index contributed by atoms with van der Waals surface area (Å²) in [6.45, 7) is 0.356. The van der Waals surface area contributed by atoms with Gasteiger partial charge in [0.1, 0.15) is 11.5 Å². The van der Waals surface area contributed by atoms with Gasteiger partial charge < -0.3 is 25.9 Å². The number of amides is 2. The van der Waals surface area contributed by atoms with Crippen molar-refractivity contribution in [2.45, 2.75) is 25.0 Å². The standard InChI is InChI=1S/C19H23N5O3/c1-21-17-13(11-20)10-15-22-18(17)27-9-5-8-14(25)16(24-19(26)23-15)12-6-3-2-4-7-12/h2-4,6-7,10-11,14,16,20-21,25H,5,8-9H2,1H3,(H2,22,23,24,26)/t14?,16-/m0/s1. The number of aliphatic hydroxyl groups is 1. The molecule has 142 valence electrons. The zero-order chi connectivity index (χ0) is 19.2. The fraction of sp³-hybridized carbons (Fsp3) is 0.316. The second-order valence-electron chi connectivity index (χ2n) is 6.22. The number of anilines is 2. The Hall–Kier alpha value is -3.13. The van der Waals surface area contributed by atoms with Gasteiger partial charge in [-0.15, -0.1) is 0 Å². The van der Waals surface area contributed by atoms with Crippen molar-refractivity contribution in [1.29, 1.82) is 5.41 Å². The third-order valence-electron chi connectivity index (χ3n) is 4.38. The van der Waals surface area contributed by atoms with E-state index in [0.717, 1.165) is 5.56 Å². The molecule has 0 saturated carbocycles. The number of aliphatic hydroxyl groups excluding tert-OH is 1. The summed E-state index contributed by atoms with van der Waals surface area (Å²) < 4.78 is 5.75. The monoisotopic (exact) mass is 369 g/mol. The first-order chi connectivity index (χ1) is 13.1. The van der Waals surface area contributed by atoms with Gasteiger partial charge >= 0.3 is 6.03 Å².